The summed E-state index contributed by atoms with van der Waals surface area (Å²) in [6.07, 6.45) is 4.78. The van der Waals surface area contributed by atoms with E-state index in [9.17, 15) is 9.59 Å². The van der Waals surface area contributed by atoms with Crippen LogP contribution in [0, 0.1) is 11.8 Å². The fraction of sp³-hybridized carbons (Fsp3) is 0.600. The Morgan fingerprint density at radius 3 is 2.48 bits per heavy atom. The van der Waals surface area contributed by atoms with E-state index < -0.39 is 6.04 Å². The van der Waals surface area contributed by atoms with E-state index in [0.29, 0.717) is 6.54 Å². The first-order valence-corrected chi connectivity index (χ1v) is 8.88. The summed E-state index contributed by atoms with van der Waals surface area (Å²) in [7, 11) is 1.88. The maximum Gasteiger partial charge on any atom is 0.299 e. The lowest BCUT2D eigenvalue weighted by Gasteiger charge is -2.32. The summed E-state index contributed by atoms with van der Waals surface area (Å²) in [5, 5.41) is 3.01. The van der Waals surface area contributed by atoms with Crippen molar-refractivity contribution in [3.8, 4) is 11.8 Å². The number of hydrogen-bond donors (Lipinski definition) is 1. The van der Waals surface area contributed by atoms with Gasteiger partial charge in [0.15, 0.2) is 6.04 Å². The standard InChI is InChI=1S/C20H31N3O2/c1-7-9-10-15-23(17(24)12-8-2)18(16-13-11-14-22(16)6)19(25)21-20(3,4)5/h11,13-14,18H,7,9-10,15H2,1-6H3,(H,21,25). The van der Waals surface area contributed by atoms with Crippen LogP contribution in [0.2, 0.25) is 0 Å². The highest BCUT2D eigenvalue weighted by atomic mass is 16.2. The van der Waals surface area contributed by atoms with E-state index in [1.165, 1.54) is 0 Å². The molecule has 0 bridgehead atoms. The number of carbonyl (C=O) groups is 2. The van der Waals surface area contributed by atoms with Gasteiger partial charge in [0.2, 0.25) is 5.91 Å². The lowest BCUT2D eigenvalue weighted by Crippen LogP contribution is -2.49. The zero-order valence-electron chi connectivity index (χ0n) is 16.3. The highest BCUT2D eigenvalue weighted by Gasteiger charge is 2.33. The van der Waals surface area contributed by atoms with Crippen molar-refractivity contribution in [1.82, 2.24) is 14.8 Å². The molecule has 0 aromatic carbocycles. The van der Waals surface area contributed by atoms with Gasteiger partial charge < -0.3 is 14.8 Å². The number of amides is 2. The Kier molecular flexibility index (Phi) is 7.76. The van der Waals surface area contributed by atoms with Crippen LogP contribution in [0.1, 0.15) is 65.6 Å². The minimum absolute atomic E-state index is 0.183. The highest BCUT2D eigenvalue weighted by molar-refractivity contribution is 5.97. The first-order valence-electron chi connectivity index (χ1n) is 8.88. The second-order valence-corrected chi connectivity index (χ2v) is 7.27. The number of rotatable bonds is 7. The summed E-state index contributed by atoms with van der Waals surface area (Å²) in [6.45, 7) is 10.1. The topological polar surface area (TPSA) is 54.3 Å². The predicted molar refractivity (Wildman–Crippen MR) is 101 cm³/mol. The number of unbranched alkanes of at least 4 members (excludes halogenated alkanes) is 2. The molecule has 1 N–H and O–H groups in total. The summed E-state index contributed by atoms with van der Waals surface area (Å²) in [5.74, 6) is 4.77. The van der Waals surface area contributed by atoms with Crippen molar-refractivity contribution < 1.29 is 9.59 Å². The van der Waals surface area contributed by atoms with Gasteiger partial charge in [-0.1, -0.05) is 25.7 Å². The molecule has 1 atom stereocenters. The van der Waals surface area contributed by atoms with E-state index in [1.54, 1.807) is 11.8 Å². The Hall–Kier alpha value is -2.22. The van der Waals surface area contributed by atoms with Gasteiger partial charge in [-0.15, -0.1) is 0 Å². The minimum atomic E-state index is -0.690. The molecule has 0 aliphatic rings. The molecule has 0 saturated heterocycles. The van der Waals surface area contributed by atoms with Gasteiger partial charge in [0.05, 0.1) is 0 Å². The van der Waals surface area contributed by atoms with Crippen molar-refractivity contribution in [1.29, 1.82) is 0 Å². The van der Waals surface area contributed by atoms with E-state index >= 15 is 0 Å². The van der Waals surface area contributed by atoms with Gasteiger partial charge >= 0.3 is 0 Å². The molecule has 2 amide bonds. The molecule has 0 aliphatic heterocycles. The van der Waals surface area contributed by atoms with E-state index in [1.807, 2.05) is 50.7 Å². The Labute approximate surface area is 151 Å². The molecule has 0 aliphatic carbocycles. The zero-order chi connectivity index (χ0) is 19.0. The molecular formula is C20H31N3O2. The highest BCUT2D eigenvalue weighted by Crippen LogP contribution is 2.23. The maximum absolute atomic E-state index is 13.0. The van der Waals surface area contributed by atoms with Crippen LogP contribution in [-0.2, 0) is 16.6 Å². The largest absolute Gasteiger partial charge is 0.352 e. The lowest BCUT2D eigenvalue weighted by atomic mass is 10.1. The second-order valence-electron chi connectivity index (χ2n) is 7.27. The third kappa shape index (κ3) is 6.30. The van der Waals surface area contributed by atoms with Crippen LogP contribution in [0.5, 0.6) is 0 Å². The molecule has 25 heavy (non-hydrogen) atoms. The van der Waals surface area contributed by atoms with E-state index in [4.69, 9.17) is 0 Å². The summed E-state index contributed by atoms with van der Waals surface area (Å²) in [5.41, 5.74) is 0.402. The molecule has 1 unspecified atom stereocenters. The fourth-order valence-electron chi connectivity index (χ4n) is 2.69. The number of nitrogens with zero attached hydrogens (tertiary/aromatic N) is 2. The van der Waals surface area contributed by atoms with Crippen LogP contribution in [0.4, 0.5) is 0 Å². The van der Waals surface area contributed by atoms with Gasteiger partial charge in [-0.05, 0) is 52.2 Å². The Balaban J connectivity index is 3.26. The lowest BCUT2D eigenvalue weighted by molar-refractivity contribution is -0.138. The van der Waals surface area contributed by atoms with Gasteiger partial charge in [0.25, 0.3) is 5.91 Å². The molecule has 1 heterocycles. The van der Waals surface area contributed by atoms with Gasteiger partial charge in [0, 0.05) is 31.0 Å². The quantitative estimate of drug-likeness (QED) is 0.610. The number of aryl methyl sites for hydroxylation is 1. The van der Waals surface area contributed by atoms with Crippen LogP contribution in [0.3, 0.4) is 0 Å². The van der Waals surface area contributed by atoms with Crippen molar-refractivity contribution in [3.05, 3.63) is 24.0 Å². The van der Waals surface area contributed by atoms with Crippen molar-refractivity contribution in [3.63, 3.8) is 0 Å². The maximum atomic E-state index is 13.0. The number of hydrogen-bond acceptors (Lipinski definition) is 2. The van der Waals surface area contributed by atoms with Gasteiger partial charge in [-0.2, -0.15) is 0 Å². The molecule has 0 saturated carbocycles. The molecule has 1 rings (SSSR count). The molecule has 138 valence electrons. The van der Waals surface area contributed by atoms with Crippen LogP contribution >= 0.6 is 0 Å². The molecule has 5 heteroatoms. The Bertz CT molecular complexity index is 644. The van der Waals surface area contributed by atoms with E-state index in [-0.39, 0.29) is 17.4 Å². The number of aromatic nitrogens is 1. The SMILES string of the molecule is CC#CC(=O)N(CCCCC)C(C(=O)NC(C)(C)C)c1cccn1C. The van der Waals surface area contributed by atoms with Crippen LogP contribution in [0.15, 0.2) is 18.3 Å². The normalized spacial score (nSPS) is 12.1. The molecule has 1 aromatic heterocycles. The summed E-state index contributed by atoms with van der Waals surface area (Å²) in [4.78, 5) is 27.2. The van der Waals surface area contributed by atoms with Crippen molar-refractivity contribution in [2.45, 2.75) is 65.5 Å². The van der Waals surface area contributed by atoms with Gasteiger partial charge in [0.1, 0.15) is 0 Å². The van der Waals surface area contributed by atoms with Crippen LogP contribution < -0.4 is 5.32 Å². The number of carbonyl (C=O) groups excluding carboxylic acids is 2. The first-order chi connectivity index (χ1) is 11.7. The average molecular weight is 345 g/mol. The smallest absolute Gasteiger partial charge is 0.299 e. The average Bonchev–Trinajstić information content (AvgIpc) is 2.90. The van der Waals surface area contributed by atoms with Crippen molar-refractivity contribution >= 4 is 11.8 Å². The Morgan fingerprint density at radius 1 is 1.32 bits per heavy atom. The van der Waals surface area contributed by atoms with Gasteiger partial charge in [-0.25, -0.2) is 0 Å². The molecular weight excluding hydrogens is 314 g/mol. The number of nitrogens with one attached hydrogen (secondary N) is 1. The zero-order valence-corrected chi connectivity index (χ0v) is 16.3. The Morgan fingerprint density at radius 2 is 2.00 bits per heavy atom. The fourth-order valence-corrected chi connectivity index (χ4v) is 2.69. The van der Waals surface area contributed by atoms with Crippen molar-refractivity contribution in [2.75, 3.05) is 6.54 Å². The third-order valence-electron chi connectivity index (χ3n) is 3.82. The predicted octanol–water partition coefficient (Wildman–Crippen LogP) is 3.02. The molecule has 0 spiro atoms. The third-order valence-corrected chi connectivity index (χ3v) is 3.82. The summed E-state index contributed by atoms with van der Waals surface area (Å²) >= 11 is 0. The summed E-state index contributed by atoms with van der Waals surface area (Å²) in [6, 6.07) is 3.07. The molecule has 1 aromatic rings. The first kappa shape index (κ1) is 20.8. The molecule has 0 fully saturated rings. The molecule has 5 nitrogen and oxygen atoms in total. The van der Waals surface area contributed by atoms with Crippen molar-refractivity contribution in [2.24, 2.45) is 7.05 Å². The van der Waals surface area contributed by atoms with E-state index in [0.717, 1.165) is 25.0 Å². The summed E-state index contributed by atoms with van der Waals surface area (Å²) < 4.78 is 1.88. The van der Waals surface area contributed by atoms with E-state index in [2.05, 4.69) is 24.1 Å². The van der Waals surface area contributed by atoms with Crippen LogP contribution in [-0.4, -0.2) is 33.4 Å². The minimum Gasteiger partial charge on any atom is -0.352 e. The molecule has 0 radical (unpaired) electrons. The van der Waals surface area contributed by atoms with Crippen LogP contribution in [0.25, 0.3) is 0 Å². The monoisotopic (exact) mass is 345 g/mol. The van der Waals surface area contributed by atoms with Gasteiger partial charge in [-0.3, -0.25) is 9.59 Å². The second kappa shape index (κ2) is 9.31.